The Hall–Kier alpha value is -0.870. The first-order valence-electron chi connectivity index (χ1n) is 6.55. The van der Waals surface area contributed by atoms with Gasteiger partial charge in [-0.25, -0.2) is 4.98 Å². The number of imidazole rings is 1. The number of hydrogen-bond acceptors (Lipinski definition) is 3. The third-order valence-corrected chi connectivity index (χ3v) is 3.86. The van der Waals surface area contributed by atoms with Crippen LogP contribution in [0.15, 0.2) is 6.20 Å². The fourth-order valence-corrected chi connectivity index (χ4v) is 2.64. The molecule has 0 spiro atoms. The molecule has 0 aromatic carbocycles. The summed E-state index contributed by atoms with van der Waals surface area (Å²) in [6.07, 6.45) is 3.23. The first-order valence-corrected chi connectivity index (χ1v) is 6.55. The van der Waals surface area contributed by atoms with Gasteiger partial charge >= 0.3 is 0 Å². The van der Waals surface area contributed by atoms with Gasteiger partial charge in [0.05, 0.1) is 0 Å². The van der Waals surface area contributed by atoms with Crippen LogP contribution in [-0.2, 0) is 0 Å². The summed E-state index contributed by atoms with van der Waals surface area (Å²) < 4.78 is 0. The van der Waals surface area contributed by atoms with Crippen molar-refractivity contribution in [3.05, 3.63) is 17.7 Å². The smallest absolute Gasteiger partial charge is 0.110 e. The number of aromatic amines is 1. The highest BCUT2D eigenvalue weighted by Gasteiger charge is 2.24. The van der Waals surface area contributed by atoms with Crippen LogP contribution >= 0.6 is 0 Å². The third-order valence-electron chi connectivity index (χ3n) is 3.86. The van der Waals surface area contributed by atoms with E-state index in [1.165, 1.54) is 18.7 Å². The molecule has 3 N–H and O–H groups in total. The Morgan fingerprint density at radius 1 is 1.59 bits per heavy atom. The van der Waals surface area contributed by atoms with E-state index in [-0.39, 0.29) is 0 Å². The van der Waals surface area contributed by atoms with E-state index in [4.69, 9.17) is 5.73 Å². The van der Waals surface area contributed by atoms with E-state index in [1.54, 1.807) is 0 Å². The summed E-state index contributed by atoms with van der Waals surface area (Å²) in [4.78, 5) is 10.4. The molecule has 2 rings (SSSR count). The van der Waals surface area contributed by atoms with Crippen LogP contribution < -0.4 is 5.73 Å². The Kier molecular flexibility index (Phi) is 3.84. The molecule has 2 unspecified atom stereocenters. The van der Waals surface area contributed by atoms with Gasteiger partial charge in [-0.1, -0.05) is 13.8 Å². The Morgan fingerprint density at radius 2 is 2.35 bits per heavy atom. The van der Waals surface area contributed by atoms with Gasteiger partial charge in [0.1, 0.15) is 5.82 Å². The molecule has 0 radical (unpaired) electrons. The lowest BCUT2D eigenvalue weighted by Gasteiger charge is -2.16. The number of hydrogen-bond donors (Lipinski definition) is 2. The van der Waals surface area contributed by atoms with Gasteiger partial charge in [0.2, 0.25) is 0 Å². The highest BCUT2D eigenvalue weighted by molar-refractivity contribution is 5.13. The van der Waals surface area contributed by atoms with E-state index >= 15 is 0 Å². The molecule has 4 nitrogen and oxygen atoms in total. The molecule has 2 atom stereocenters. The molecule has 96 valence electrons. The van der Waals surface area contributed by atoms with Crippen LogP contribution in [0.3, 0.4) is 0 Å². The lowest BCUT2D eigenvalue weighted by atomic mass is 9.95. The normalized spacial score (nSPS) is 23.5. The predicted octanol–water partition coefficient (Wildman–Crippen LogP) is 1.53. The Morgan fingerprint density at radius 3 is 2.88 bits per heavy atom. The maximum absolute atomic E-state index is 5.82. The summed E-state index contributed by atoms with van der Waals surface area (Å²) in [6.45, 7) is 7.38. The standard InChI is InChI=1S/C13H24N4/c1-9(2)11(6-14)13-15-7-12(16-13)10-4-5-17(3)8-10/h7,9-11H,4-6,8,14H2,1-3H3,(H,15,16). The van der Waals surface area contributed by atoms with Gasteiger partial charge in [-0.3, -0.25) is 0 Å². The van der Waals surface area contributed by atoms with Crippen molar-refractivity contribution in [1.82, 2.24) is 14.9 Å². The van der Waals surface area contributed by atoms with Gasteiger partial charge < -0.3 is 15.6 Å². The highest BCUT2D eigenvalue weighted by atomic mass is 15.1. The number of rotatable bonds is 4. The molecule has 0 aliphatic carbocycles. The molecule has 1 fully saturated rings. The second-order valence-corrected chi connectivity index (χ2v) is 5.56. The minimum atomic E-state index is 0.350. The number of nitrogens with zero attached hydrogens (tertiary/aromatic N) is 2. The van der Waals surface area contributed by atoms with E-state index in [2.05, 4.69) is 35.8 Å². The van der Waals surface area contributed by atoms with Gasteiger partial charge in [-0.15, -0.1) is 0 Å². The van der Waals surface area contributed by atoms with Crippen molar-refractivity contribution < 1.29 is 0 Å². The van der Waals surface area contributed by atoms with Crippen LogP contribution in [0.1, 0.15) is 43.6 Å². The summed E-state index contributed by atoms with van der Waals surface area (Å²) >= 11 is 0. The van der Waals surface area contributed by atoms with Crippen molar-refractivity contribution in [2.45, 2.75) is 32.1 Å². The maximum Gasteiger partial charge on any atom is 0.110 e. The number of nitrogens with two attached hydrogens (primary N) is 1. The van der Waals surface area contributed by atoms with E-state index < -0.39 is 0 Å². The molecule has 0 amide bonds. The first-order chi connectivity index (χ1) is 8.11. The van der Waals surface area contributed by atoms with Gasteiger partial charge in [0.15, 0.2) is 0 Å². The zero-order valence-corrected chi connectivity index (χ0v) is 11.1. The molecule has 2 heterocycles. The van der Waals surface area contributed by atoms with Gasteiger partial charge in [-0.05, 0) is 25.9 Å². The maximum atomic E-state index is 5.82. The van der Waals surface area contributed by atoms with Crippen LogP contribution in [0, 0.1) is 5.92 Å². The van der Waals surface area contributed by atoms with Crippen molar-refractivity contribution >= 4 is 0 Å². The van der Waals surface area contributed by atoms with Crippen LogP contribution in [-0.4, -0.2) is 41.5 Å². The van der Waals surface area contributed by atoms with E-state index in [9.17, 15) is 0 Å². The molecule has 1 aliphatic rings. The zero-order valence-electron chi connectivity index (χ0n) is 11.1. The van der Waals surface area contributed by atoms with Gasteiger partial charge in [0, 0.05) is 36.8 Å². The molecule has 1 aromatic heterocycles. The van der Waals surface area contributed by atoms with Crippen molar-refractivity contribution in [3.63, 3.8) is 0 Å². The van der Waals surface area contributed by atoms with Crippen LogP contribution in [0.25, 0.3) is 0 Å². The largest absolute Gasteiger partial charge is 0.345 e. The van der Waals surface area contributed by atoms with Crippen LogP contribution in [0.4, 0.5) is 0 Å². The summed E-state index contributed by atoms with van der Waals surface area (Å²) in [5.41, 5.74) is 7.10. The summed E-state index contributed by atoms with van der Waals surface area (Å²) in [5.74, 6) is 2.56. The molecule has 0 saturated carbocycles. The Labute approximate surface area is 104 Å². The highest BCUT2D eigenvalue weighted by Crippen LogP contribution is 2.27. The van der Waals surface area contributed by atoms with Crippen molar-refractivity contribution in [1.29, 1.82) is 0 Å². The van der Waals surface area contributed by atoms with E-state index in [0.717, 1.165) is 12.4 Å². The van der Waals surface area contributed by atoms with Crippen molar-refractivity contribution in [3.8, 4) is 0 Å². The molecule has 1 aliphatic heterocycles. The lowest BCUT2D eigenvalue weighted by molar-refractivity contribution is 0.410. The lowest BCUT2D eigenvalue weighted by Crippen LogP contribution is -2.19. The third kappa shape index (κ3) is 2.69. The molecule has 17 heavy (non-hydrogen) atoms. The van der Waals surface area contributed by atoms with E-state index in [0.29, 0.717) is 24.3 Å². The molecule has 1 aromatic rings. The SMILES string of the molecule is CC(C)C(CN)c1ncc(C2CCN(C)C2)[nH]1. The first kappa shape index (κ1) is 12.6. The quantitative estimate of drug-likeness (QED) is 0.833. The van der Waals surface area contributed by atoms with Crippen LogP contribution in [0.5, 0.6) is 0 Å². The second-order valence-electron chi connectivity index (χ2n) is 5.56. The van der Waals surface area contributed by atoms with Crippen LogP contribution in [0.2, 0.25) is 0 Å². The zero-order chi connectivity index (χ0) is 12.4. The second kappa shape index (κ2) is 5.19. The summed E-state index contributed by atoms with van der Waals surface area (Å²) in [6, 6.07) is 0. The van der Waals surface area contributed by atoms with Crippen molar-refractivity contribution in [2.24, 2.45) is 11.7 Å². The average Bonchev–Trinajstić information content (AvgIpc) is 2.87. The average molecular weight is 236 g/mol. The minimum Gasteiger partial charge on any atom is -0.345 e. The number of nitrogens with one attached hydrogen (secondary N) is 1. The van der Waals surface area contributed by atoms with Gasteiger partial charge in [0.25, 0.3) is 0 Å². The van der Waals surface area contributed by atoms with Gasteiger partial charge in [-0.2, -0.15) is 0 Å². The predicted molar refractivity (Wildman–Crippen MR) is 70.1 cm³/mol. The van der Waals surface area contributed by atoms with E-state index in [1.807, 2.05) is 6.20 Å². The molecule has 0 bridgehead atoms. The molecular weight excluding hydrogens is 212 g/mol. The fourth-order valence-electron chi connectivity index (χ4n) is 2.64. The monoisotopic (exact) mass is 236 g/mol. The number of aromatic nitrogens is 2. The Balaban J connectivity index is 2.10. The van der Waals surface area contributed by atoms with Crippen molar-refractivity contribution in [2.75, 3.05) is 26.7 Å². The minimum absolute atomic E-state index is 0.350. The fraction of sp³-hybridized carbons (Fsp3) is 0.769. The summed E-state index contributed by atoms with van der Waals surface area (Å²) in [5, 5.41) is 0. The Bertz CT molecular complexity index is 358. The number of likely N-dealkylation sites (N-methyl/N-ethyl adjacent to an activating group) is 1. The topological polar surface area (TPSA) is 57.9 Å². The summed E-state index contributed by atoms with van der Waals surface area (Å²) in [7, 11) is 2.17. The molecule has 1 saturated heterocycles. The number of likely N-dealkylation sites (tertiary alicyclic amines) is 1. The molecule has 4 heteroatoms. The molecular formula is C13H24N4. The number of H-pyrrole nitrogens is 1.